The molecule has 0 aliphatic carbocycles. The van der Waals surface area contributed by atoms with Gasteiger partial charge in [-0.1, -0.05) is 41.9 Å². The lowest BCUT2D eigenvalue weighted by Crippen LogP contribution is -2.23. The fourth-order valence-corrected chi connectivity index (χ4v) is 3.14. The van der Waals surface area contributed by atoms with Crippen LogP contribution in [0, 0.1) is 0 Å². The second kappa shape index (κ2) is 6.95. The van der Waals surface area contributed by atoms with Crippen molar-refractivity contribution in [2.75, 3.05) is 6.66 Å². The van der Waals surface area contributed by atoms with E-state index in [-0.39, 0.29) is 11.3 Å². The molecule has 0 heterocycles. The lowest BCUT2D eigenvalue weighted by atomic mass is 10.1. The van der Waals surface area contributed by atoms with Crippen LogP contribution in [-0.2, 0) is 9.09 Å². The van der Waals surface area contributed by atoms with E-state index in [1.165, 1.54) is 48.5 Å². The average molecular weight is 365 g/mol. The number of benzene rings is 2. The standard InChI is InChI=1S/C15H13ClF3O3P/c1-23(20,21-13-9-7-12(16)8-10-13)22-14(15(17,18)19)11-5-3-2-4-6-11/h2-10,14H,1H3/t14-,23-/m0/s1. The predicted octanol–water partition coefficient (Wildman–Crippen LogP) is 5.86. The molecule has 0 saturated carbocycles. The molecule has 0 spiro atoms. The van der Waals surface area contributed by atoms with Gasteiger partial charge in [-0.25, -0.2) is 4.57 Å². The lowest BCUT2D eigenvalue weighted by Gasteiger charge is -2.24. The molecule has 0 fully saturated rings. The zero-order valence-corrected chi connectivity index (χ0v) is 13.6. The van der Waals surface area contributed by atoms with Crippen LogP contribution in [0.15, 0.2) is 54.6 Å². The molecule has 23 heavy (non-hydrogen) atoms. The molecular weight excluding hydrogens is 352 g/mol. The Kier molecular flexibility index (Phi) is 5.40. The van der Waals surface area contributed by atoms with E-state index >= 15 is 0 Å². The first-order chi connectivity index (χ1) is 10.7. The van der Waals surface area contributed by atoms with Gasteiger partial charge in [0, 0.05) is 11.7 Å². The van der Waals surface area contributed by atoms with Gasteiger partial charge in [0.25, 0.3) is 0 Å². The molecule has 0 aromatic heterocycles. The van der Waals surface area contributed by atoms with Gasteiger partial charge in [0.1, 0.15) is 5.75 Å². The van der Waals surface area contributed by atoms with Gasteiger partial charge >= 0.3 is 13.8 Å². The van der Waals surface area contributed by atoms with Gasteiger partial charge < -0.3 is 4.52 Å². The van der Waals surface area contributed by atoms with Gasteiger partial charge in [-0.3, -0.25) is 4.52 Å². The Balaban J connectivity index is 2.21. The highest BCUT2D eigenvalue weighted by molar-refractivity contribution is 7.53. The topological polar surface area (TPSA) is 35.5 Å². The Morgan fingerprint density at radius 2 is 1.61 bits per heavy atom. The molecule has 2 rings (SSSR count). The second-order valence-electron chi connectivity index (χ2n) is 4.75. The summed E-state index contributed by atoms with van der Waals surface area (Å²) in [7, 11) is -4.01. The fourth-order valence-electron chi connectivity index (χ4n) is 1.84. The Labute approximate surface area is 136 Å². The molecule has 0 aliphatic heterocycles. The van der Waals surface area contributed by atoms with Crippen molar-refractivity contribution in [3.63, 3.8) is 0 Å². The molecule has 0 aliphatic rings. The Morgan fingerprint density at radius 3 is 2.13 bits per heavy atom. The zero-order valence-electron chi connectivity index (χ0n) is 12.0. The van der Waals surface area contributed by atoms with Crippen molar-refractivity contribution in [3.8, 4) is 5.75 Å². The summed E-state index contributed by atoms with van der Waals surface area (Å²) in [6, 6.07) is 12.7. The molecule has 124 valence electrons. The van der Waals surface area contributed by atoms with Crippen molar-refractivity contribution >= 4 is 19.2 Å². The van der Waals surface area contributed by atoms with Crippen molar-refractivity contribution < 1.29 is 26.8 Å². The van der Waals surface area contributed by atoms with E-state index in [0.29, 0.717) is 5.02 Å². The van der Waals surface area contributed by atoms with E-state index < -0.39 is 19.9 Å². The van der Waals surface area contributed by atoms with Crippen LogP contribution in [0.25, 0.3) is 0 Å². The highest BCUT2D eigenvalue weighted by atomic mass is 35.5. The summed E-state index contributed by atoms with van der Waals surface area (Å²) in [6.07, 6.45) is -7.07. The van der Waals surface area contributed by atoms with Crippen LogP contribution in [0.3, 0.4) is 0 Å². The molecule has 2 aromatic rings. The second-order valence-corrected chi connectivity index (χ2v) is 7.13. The molecule has 0 N–H and O–H groups in total. The van der Waals surface area contributed by atoms with Crippen molar-refractivity contribution in [2.45, 2.75) is 12.3 Å². The third kappa shape index (κ3) is 5.27. The molecule has 8 heteroatoms. The summed E-state index contributed by atoms with van der Waals surface area (Å²) < 4.78 is 61.8. The van der Waals surface area contributed by atoms with Crippen LogP contribution in [0.5, 0.6) is 5.75 Å². The van der Waals surface area contributed by atoms with Crippen LogP contribution in [0.4, 0.5) is 13.2 Å². The van der Waals surface area contributed by atoms with E-state index in [4.69, 9.17) is 20.6 Å². The minimum atomic E-state index is -4.73. The van der Waals surface area contributed by atoms with Gasteiger partial charge in [0.05, 0.1) is 0 Å². The number of hydrogen-bond acceptors (Lipinski definition) is 3. The summed E-state index contributed by atoms with van der Waals surface area (Å²) >= 11 is 5.70. The maximum atomic E-state index is 13.2. The number of hydrogen-bond donors (Lipinski definition) is 0. The number of rotatable bonds is 5. The van der Waals surface area contributed by atoms with Crippen molar-refractivity contribution in [3.05, 3.63) is 65.2 Å². The van der Waals surface area contributed by atoms with E-state index in [1.54, 1.807) is 6.07 Å². The van der Waals surface area contributed by atoms with Crippen molar-refractivity contribution in [1.29, 1.82) is 0 Å². The lowest BCUT2D eigenvalue weighted by molar-refractivity contribution is -0.199. The quantitative estimate of drug-likeness (QED) is 0.623. The van der Waals surface area contributed by atoms with Gasteiger partial charge in [-0.05, 0) is 29.8 Å². The van der Waals surface area contributed by atoms with Crippen LogP contribution in [0.2, 0.25) is 5.02 Å². The van der Waals surface area contributed by atoms with Crippen LogP contribution in [0.1, 0.15) is 11.7 Å². The summed E-state index contributed by atoms with van der Waals surface area (Å²) in [5.74, 6) is 0.106. The highest BCUT2D eigenvalue weighted by Gasteiger charge is 2.45. The third-order valence-electron chi connectivity index (χ3n) is 2.78. The van der Waals surface area contributed by atoms with E-state index in [0.717, 1.165) is 6.66 Å². The monoisotopic (exact) mass is 364 g/mol. The first-order valence-corrected chi connectivity index (χ1v) is 8.87. The minimum Gasteiger partial charge on any atom is -0.425 e. The van der Waals surface area contributed by atoms with E-state index in [2.05, 4.69) is 0 Å². The van der Waals surface area contributed by atoms with Crippen LogP contribution >= 0.6 is 19.2 Å². The summed E-state index contributed by atoms with van der Waals surface area (Å²) in [5.41, 5.74) is -0.151. The van der Waals surface area contributed by atoms with Crippen molar-refractivity contribution in [1.82, 2.24) is 0 Å². The Bertz CT molecular complexity index is 689. The Hall–Kier alpha value is -1.49. The first-order valence-electron chi connectivity index (χ1n) is 6.50. The van der Waals surface area contributed by atoms with Gasteiger partial charge in [-0.15, -0.1) is 0 Å². The van der Waals surface area contributed by atoms with Gasteiger partial charge in [0.15, 0.2) is 6.10 Å². The fraction of sp³-hybridized carbons (Fsp3) is 0.200. The van der Waals surface area contributed by atoms with Crippen molar-refractivity contribution in [2.24, 2.45) is 0 Å². The normalized spacial score (nSPS) is 15.7. The van der Waals surface area contributed by atoms with E-state index in [9.17, 15) is 17.7 Å². The molecule has 2 aromatic carbocycles. The molecule has 0 saturated heterocycles. The highest BCUT2D eigenvalue weighted by Crippen LogP contribution is 2.52. The average Bonchev–Trinajstić information content (AvgIpc) is 2.47. The number of alkyl halides is 3. The summed E-state index contributed by atoms with van der Waals surface area (Å²) in [6.45, 7) is 0.989. The van der Waals surface area contributed by atoms with Gasteiger partial charge in [-0.2, -0.15) is 13.2 Å². The SMILES string of the molecule is C[P@](=O)(Oc1ccc(Cl)cc1)O[C@@H](c1ccccc1)C(F)(F)F. The smallest absolute Gasteiger partial charge is 0.419 e. The molecule has 0 unspecified atom stereocenters. The predicted molar refractivity (Wildman–Crippen MR) is 81.9 cm³/mol. The largest absolute Gasteiger partial charge is 0.425 e. The first kappa shape index (κ1) is 17.9. The molecule has 0 radical (unpaired) electrons. The van der Waals surface area contributed by atoms with Gasteiger partial charge in [0.2, 0.25) is 0 Å². The molecular formula is C15H13ClF3O3P. The van der Waals surface area contributed by atoms with E-state index in [1.807, 2.05) is 0 Å². The molecule has 0 bridgehead atoms. The Morgan fingerprint density at radius 1 is 1.04 bits per heavy atom. The molecule has 0 amide bonds. The van der Waals surface area contributed by atoms with Crippen LogP contribution in [-0.4, -0.2) is 12.8 Å². The zero-order chi connectivity index (χ0) is 17.1. The third-order valence-corrected chi connectivity index (χ3v) is 4.17. The minimum absolute atomic E-state index is 0.106. The maximum Gasteiger partial charge on any atom is 0.419 e. The molecule has 2 atom stereocenters. The maximum absolute atomic E-state index is 13.2. The number of halogens is 4. The van der Waals surface area contributed by atoms with Crippen LogP contribution < -0.4 is 4.52 Å². The summed E-state index contributed by atoms with van der Waals surface area (Å²) in [5, 5.41) is 0.418. The molecule has 3 nitrogen and oxygen atoms in total. The summed E-state index contributed by atoms with van der Waals surface area (Å²) in [4.78, 5) is 0.